The molecule has 0 saturated carbocycles. The smallest absolute Gasteiger partial charge is 0.355 e. The van der Waals surface area contributed by atoms with E-state index in [1.54, 1.807) is 18.2 Å². The standard InChI is InChI=1S/C15H17N3O6/c1-22-10-5-9(6-11(7-10)23-2)16-14(20)8-24-15(21)12-3-4-13(19)18-17-12/h5-7H,3-4,8H2,1-2H3,(H,16,20)(H,18,19). The van der Waals surface area contributed by atoms with Crippen molar-refractivity contribution >= 4 is 29.2 Å². The van der Waals surface area contributed by atoms with Gasteiger partial charge in [0.05, 0.1) is 14.2 Å². The molecule has 2 N–H and O–H groups in total. The number of ether oxygens (including phenoxy) is 3. The van der Waals surface area contributed by atoms with Gasteiger partial charge in [-0.15, -0.1) is 0 Å². The molecule has 2 rings (SSSR count). The first kappa shape index (κ1) is 17.3. The Morgan fingerprint density at radius 2 is 1.83 bits per heavy atom. The molecule has 0 aromatic heterocycles. The van der Waals surface area contributed by atoms with Gasteiger partial charge in [0.25, 0.3) is 5.91 Å². The Balaban J connectivity index is 1.89. The lowest BCUT2D eigenvalue weighted by Crippen LogP contribution is -2.32. The number of carbonyl (C=O) groups is 3. The first-order valence-electron chi connectivity index (χ1n) is 7.07. The Hall–Kier alpha value is -3.10. The Morgan fingerprint density at radius 3 is 2.38 bits per heavy atom. The van der Waals surface area contributed by atoms with Crippen LogP contribution in [-0.4, -0.2) is 44.3 Å². The lowest BCUT2D eigenvalue weighted by Gasteiger charge is -2.12. The van der Waals surface area contributed by atoms with Gasteiger partial charge in [-0.2, -0.15) is 5.10 Å². The number of hydrogen-bond acceptors (Lipinski definition) is 7. The number of esters is 1. The van der Waals surface area contributed by atoms with Gasteiger partial charge in [-0.25, -0.2) is 10.2 Å². The van der Waals surface area contributed by atoms with Crippen molar-refractivity contribution in [3.63, 3.8) is 0 Å². The Labute approximate surface area is 138 Å². The van der Waals surface area contributed by atoms with Crippen LogP contribution in [0.3, 0.4) is 0 Å². The van der Waals surface area contributed by atoms with Gasteiger partial charge in [0, 0.05) is 36.7 Å². The van der Waals surface area contributed by atoms with Crippen molar-refractivity contribution in [1.82, 2.24) is 5.43 Å². The van der Waals surface area contributed by atoms with Crippen molar-refractivity contribution in [2.45, 2.75) is 12.8 Å². The van der Waals surface area contributed by atoms with Crippen LogP contribution in [0.25, 0.3) is 0 Å². The quantitative estimate of drug-likeness (QED) is 0.729. The molecule has 0 aliphatic carbocycles. The fraction of sp³-hybridized carbons (Fsp3) is 0.333. The summed E-state index contributed by atoms with van der Waals surface area (Å²) in [5.74, 6) is -0.522. The van der Waals surface area contributed by atoms with Crippen LogP contribution in [-0.2, 0) is 19.1 Å². The van der Waals surface area contributed by atoms with E-state index < -0.39 is 18.5 Å². The van der Waals surface area contributed by atoms with Crippen molar-refractivity contribution < 1.29 is 28.6 Å². The minimum Gasteiger partial charge on any atom is -0.497 e. The Kier molecular flexibility index (Phi) is 5.72. The number of nitrogens with zero attached hydrogens (tertiary/aromatic N) is 1. The number of hydrogen-bond donors (Lipinski definition) is 2. The molecule has 0 atom stereocenters. The lowest BCUT2D eigenvalue weighted by atomic mass is 10.2. The van der Waals surface area contributed by atoms with Crippen molar-refractivity contribution in [3.8, 4) is 11.5 Å². The van der Waals surface area contributed by atoms with Gasteiger partial charge in [0.1, 0.15) is 17.2 Å². The molecule has 9 nitrogen and oxygen atoms in total. The van der Waals surface area contributed by atoms with E-state index in [-0.39, 0.29) is 24.5 Å². The van der Waals surface area contributed by atoms with Crippen LogP contribution >= 0.6 is 0 Å². The fourth-order valence-corrected chi connectivity index (χ4v) is 1.91. The van der Waals surface area contributed by atoms with Crippen molar-refractivity contribution in [2.75, 3.05) is 26.1 Å². The number of benzene rings is 1. The molecule has 1 aromatic rings. The average molecular weight is 335 g/mol. The molecule has 24 heavy (non-hydrogen) atoms. The average Bonchev–Trinajstić information content (AvgIpc) is 2.59. The summed E-state index contributed by atoms with van der Waals surface area (Å²) in [6.07, 6.45) is 0.336. The number of rotatable bonds is 6. The molecular formula is C15H17N3O6. The van der Waals surface area contributed by atoms with E-state index in [2.05, 4.69) is 15.8 Å². The second kappa shape index (κ2) is 7.95. The third-order valence-electron chi connectivity index (χ3n) is 3.11. The van der Waals surface area contributed by atoms with Crippen LogP contribution in [0.5, 0.6) is 11.5 Å². The molecule has 0 saturated heterocycles. The van der Waals surface area contributed by atoms with Crippen LogP contribution in [0, 0.1) is 0 Å². The summed E-state index contributed by atoms with van der Waals surface area (Å²) in [7, 11) is 2.98. The van der Waals surface area contributed by atoms with E-state index in [9.17, 15) is 14.4 Å². The largest absolute Gasteiger partial charge is 0.497 e. The third-order valence-corrected chi connectivity index (χ3v) is 3.11. The van der Waals surface area contributed by atoms with Gasteiger partial charge >= 0.3 is 5.97 Å². The molecule has 0 radical (unpaired) electrons. The maximum absolute atomic E-state index is 11.9. The maximum atomic E-state index is 11.9. The van der Waals surface area contributed by atoms with Gasteiger partial charge in [-0.1, -0.05) is 0 Å². The zero-order chi connectivity index (χ0) is 17.5. The molecule has 0 bridgehead atoms. The molecule has 1 aliphatic heterocycles. The second-order valence-electron chi connectivity index (χ2n) is 4.82. The first-order valence-corrected chi connectivity index (χ1v) is 7.07. The monoisotopic (exact) mass is 335 g/mol. The number of carbonyl (C=O) groups excluding carboxylic acids is 3. The van der Waals surface area contributed by atoms with E-state index in [1.165, 1.54) is 14.2 Å². The molecule has 9 heteroatoms. The number of hydrazone groups is 1. The van der Waals surface area contributed by atoms with Gasteiger partial charge in [-0.05, 0) is 0 Å². The summed E-state index contributed by atoms with van der Waals surface area (Å²) in [6, 6.07) is 4.86. The molecule has 0 unspecified atom stereocenters. The molecule has 1 aromatic carbocycles. The predicted octanol–water partition coefficient (Wildman–Crippen LogP) is 0.451. The van der Waals surface area contributed by atoms with E-state index in [4.69, 9.17) is 14.2 Å². The summed E-state index contributed by atoms with van der Waals surface area (Å²) in [6.45, 7) is -0.481. The molecular weight excluding hydrogens is 318 g/mol. The van der Waals surface area contributed by atoms with Crippen LogP contribution < -0.4 is 20.2 Å². The van der Waals surface area contributed by atoms with Gasteiger partial charge < -0.3 is 19.5 Å². The molecule has 1 aliphatic rings. The van der Waals surface area contributed by atoms with E-state index in [0.29, 0.717) is 17.2 Å². The zero-order valence-corrected chi connectivity index (χ0v) is 13.3. The first-order chi connectivity index (χ1) is 11.5. The summed E-state index contributed by atoms with van der Waals surface area (Å²) in [5.41, 5.74) is 2.70. The van der Waals surface area contributed by atoms with E-state index in [0.717, 1.165) is 0 Å². The summed E-state index contributed by atoms with van der Waals surface area (Å²) in [5, 5.41) is 6.17. The molecule has 128 valence electrons. The summed E-state index contributed by atoms with van der Waals surface area (Å²) >= 11 is 0. The van der Waals surface area contributed by atoms with Gasteiger partial charge in [-0.3, -0.25) is 9.59 Å². The van der Waals surface area contributed by atoms with Crippen LogP contribution in [0.4, 0.5) is 5.69 Å². The molecule has 0 spiro atoms. The van der Waals surface area contributed by atoms with Crippen LogP contribution in [0.1, 0.15) is 12.8 Å². The Bertz CT molecular complexity index is 664. The second-order valence-corrected chi connectivity index (χ2v) is 4.82. The Morgan fingerprint density at radius 1 is 1.17 bits per heavy atom. The summed E-state index contributed by atoms with van der Waals surface area (Å²) in [4.78, 5) is 34.6. The number of amides is 2. The highest BCUT2D eigenvalue weighted by Crippen LogP contribution is 2.25. The normalized spacial score (nSPS) is 13.4. The van der Waals surface area contributed by atoms with E-state index in [1.807, 2.05) is 0 Å². The number of nitrogens with one attached hydrogen (secondary N) is 2. The predicted molar refractivity (Wildman–Crippen MR) is 83.9 cm³/mol. The topological polar surface area (TPSA) is 115 Å². The summed E-state index contributed by atoms with van der Waals surface area (Å²) < 4.78 is 15.1. The minimum atomic E-state index is -0.742. The van der Waals surface area contributed by atoms with Crippen LogP contribution in [0.15, 0.2) is 23.3 Å². The maximum Gasteiger partial charge on any atom is 0.355 e. The van der Waals surface area contributed by atoms with Crippen molar-refractivity contribution in [1.29, 1.82) is 0 Å². The highest BCUT2D eigenvalue weighted by atomic mass is 16.5. The fourth-order valence-electron chi connectivity index (χ4n) is 1.91. The lowest BCUT2D eigenvalue weighted by molar-refractivity contribution is -0.140. The van der Waals surface area contributed by atoms with Crippen LogP contribution in [0.2, 0.25) is 0 Å². The highest BCUT2D eigenvalue weighted by molar-refractivity contribution is 6.37. The highest BCUT2D eigenvalue weighted by Gasteiger charge is 2.20. The minimum absolute atomic E-state index is 0.0745. The number of anilines is 1. The number of methoxy groups -OCH3 is 2. The van der Waals surface area contributed by atoms with Crippen molar-refractivity contribution in [2.24, 2.45) is 5.10 Å². The van der Waals surface area contributed by atoms with Gasteiger partial charge in [0.2, 0.25) is 5.91 Å². The molecule has 1 heterocycles. The van der Waals surface area contributed by atoms with Gasteiger partial charge in [0.15, 0.2) is 6.61 Å². The zero-order valence-electron chi connectivity index (χ0n) is 13.3. The molecule has 2 amide bonds. The van der Waals surface area contributed by atoms with Crippen molar-refractivity contribution in [3.05, 3.63) is 18.2 Å². The van der Waals surface area contributed by atoms with E-state index >= 15 is 0 Å². The molecule has 0 fully saturated rings. The third kappa shape index (κ3) is 4.70. The SMILES string of the molecule is COc1cc(NC(=O)COC(=O)C2=NNC(=O)CC2)cc(OC)c1.